The Labute approximate surface area is 172 Å². The number of imidazole rings is 1. The van der Waals surface area contributed by atoms with Crippen LogP contribution in [0.15, 0.2) is 61.1 Å². The molecule has 0 fully saturated rings. The number of hydrogen-bond donors (Lipinski definition) is 2. The van der Waals surface area contributed by atoms with Gasteiger partial charge in [0.15, 0.2) is 5.69 Å². The summed E-state index contributed by atoms with van der Waals surface area (Å²) in [7, 11) is 3.09. The number of nitrogens with one attached hydrogen (secondary N) is 2. The first kappa shape index (κ1) is 19.4. The third kappa shape index (κ3) is 3.55. The minimum Gasteiger partial charge on any atom is -0.497 e. The average Bonchev–Trinajstić information content (AvgIpc) is 3.24. The second-order valence-electron chi connectivity index (χ2n) is 6.56. The number of halogens is 1. The molecule has 4 aromatic rings. The van der Waals surface area contributed by atoms with E-state index in [0.717, 1.165) is 11.1 Å². The summed E-state index contributed by atoms with van der Waals surface area (Å²) < 4.78 is 21.0. The zero-order valence-electron chi connectivity index (χ0n) is 16.5. The second kappa shape index (κ2) is 8.20. The van der Waals surface area contributed by atoms with E-state index in [-0.39, 0.29) is 24.0 Å². The molecule has 0 radical (unpaired) electrons. The molecule has 0 bridgehead atoms. The summed E-state index contributed by atoms with van der Waals surface area (Å²) in [6.45, 7) is 0.184. The third-order valence-corrected chi connectivity index (χ3v) is 4.78. The number of benzene rings is 2. The molecule has 2 heterocycles. The van der Waals surface area contributed by atoms with Crippen LogP contribution >= 0.6 is 0 Å². The van der Waals surface area contributed by atoms with Crippen molar-refractivity contribution < 1.29 is 13.9 Å². The monoisotopic (exact) mass is 405 g/mol. The van der Waals surface area contributed by atoms with Crippen LogP contribution < -0.4 is 15.4 Å². The first-order valence-corrected chi connectivity index (χ1v) is 9.32. The van der Waals surface area contributed by atoms with Crippen molar-refractivity contribution in [3.05, 3.63) is 78.1 Å². The van der Waals surface area contributed by atoms with Crippen molar-refractivity contribution in [3.63, 3.8) is 0 Å². The lowest BCUT2D eigenvalue weighted by molar-refractivity contribution is 0.0960. The molecule has 8 heteroatoms. The van der Waals surface area contributed by atoms with Gasteiger partial charge >= 0.3 is 0 Å². The van der Waals surface area contributed by atoms with E-state index in [4.69, 9.17) is 4.74 Å². The molecule has 0 saturated carbocycles. The number of nitrogens with zero attached hydrogens (tertiary/aromatic N) is 3. The van der Waals surface area contributed by atoms with Gasteiger partial charge in [-0.05, 0) is 23.8 Å². The summed E-state index contributed by atoms with van der Waals surface area (Å²) in [5.41, 5.74) is 3.01. The van der Waals surface area contributed by atoms with Gasteiger partial charge in [-0.3, -0.25) is 9.20 Å². The maximum absolute atomic E-state index is 14.2. The van der Waals surface area contributed by atoms with Gasteiger partial charge in [-0.25, -0.2) is 14.4 Å². The van der Waals surface area contributed by atoms with Crippen molar-refractivity contribution in [1.29, 1.82) is 0 Å². The van der Waals surface area contributed by atoms with Crippen LogP contribution in [0.2, 0.25) is 0 Å². The summed E-state index contributed by atoms with van der Waals surface area (Å²) in [6, 6.07) is 14.2. The quantitative estimate of drug-likeness (QED) is 0.513. The molecule has 30 heavy (non-hydrogen) atoms. The van der Waals surface area contributed by atoms with E-state index in [9.17, 15) is 9.18 Å². The lowest BCUT2D eigenvalue weighted by Gasteiger charge is -2.12. The largest absolute Gasteiger partial charge is 0.497 e. The first-order chi connectivity index (χ1) is 14.6. The summed E-state index contributed by atoms with van der Waals surface area (Å²) in [4.78, 5) is 21.2. The number of carbonyl (C=O) groups is 1. The average molecular weight is 405 g/mol. The van der Waals surface area contributed by atoms with Crippen LogP contribution in [0.3, 0.4) is 0 Å². The first-order valence-electron chi connectivity index (χ1n) is 9.32. The number of aromatic nitrogens is 3. The number of ether oxygens (including phenoxy) is 1. The van der Waals surface area contributed by atoms with E-state index in [2.05, 4.69) is 20.6 Å². The standard InChI is InChI=1S/C22H20FN5O2/c1-24-21(29)19-20-17(14-6-4-3-5-7-14)12-26-22(28(20)13-27-19)25-11-15-10-16(30-2)8-9-18(15)23/h3-10,12-13H,11H2,1-2H3,(H,24,29)(H,25,26). The molecule has 0 atom stereocenters. The Morgan fingerprint density at radius 3 is 2.70 bits per heavy atom. The predicted octanol–water partition coefficient (Wildman–Crippen LogP) is 3.52. The predicted molar refractivity (Wildman–Crippen MR) is 112 cm³/mol. The summed E-state index contributed by atoms with van der Waals surface area (Å²) in [5.74, 6) is 0.354. The molecular formula is C22H20FN5O2. The van der Waals surface area contributed by atoms with Crippen LogP contribution in [-0.2, 0) is 6.54 Å². The summed E-state index contributed by atoms with van der Waals surface area (Å²) in [5, 5.41) is 5.75. The maximum Gasteiger partial charge on any atom is 0.271 e. The Hall–Kier alpha value is -3.94. The van der Waals surface area contributed by atoms with E-state index in [1.54, 1.807) is 29.8 Å². The SMILES string of the molecule is CNC(=O)c1ncn2c(NCc3cc(OC)ccc3F)ncc(-c3ccccc3)c12. The van der Waals surface area contributed by atoms with Crippen molar-refractivity contribution >= 4 is 17.4 Å². The molecule has 2 aromatic heterocycles. The minimum atomic E-state index is -0.350. The van der Waals surface area contributed by atoms with Crippen LogP contribution in [0.25, 0.3) is 16.6 Å². The lowest BCUT2D eigenvalue weighted by Crippen LogP contribution is -2.19. The number of hydrogen-bond acceptors (Lipinski definition) is 5. The Morgan fingerprint density at radius 2 is 1.97 bits per heavy atom. The zero-order valence-corrected chi connectivity index (χ0v) is 16.5. The van der Waals surface area contributed by atoms with Crippen LogP contribution in [0.1, 0.15) is 16.1 Å². The fourth-order valence-electron chi connectivity index (χ4n) is 3.25. The molecule has 1 amide bonds. The molecule has 0 aliphatic heterocycles. The van der Waals surface area contributed by atoms with E-state index >= 15 is 0 Å². The Bertz CT molecular complexity index is 1210. The number of anilines is 1. The van der Waals surface area contributed by atoms with Gasteiger partial charge in [0.2, 0.25) is 5.95 Å². The molecule has 152 valence electrons. The normalized spacial score (nSPS) is 10.8. The molecule has 0 aliphatic carbocycles. The highest BCUT2D eigenvalue weighted by atomic mass is 19.1. The van der Waals surface area contributed by atoms with E-state index < -0.39 is 0 Å². The highest BCUT2D eigenvalue weighted by Crippen LogP contribution is 2.28. The molecule has 0 aliphatic rings. The van der Waals surface area contributed by atoms with Crippen LogP contribution in [0.4, 0.5) is 10.3 Å². The molecule has 0 saturated heterocycles. The number of methoxy groups -OCH3 is 1. The van der Waals surface area contributed by atoms with Gasteiger partial charge in [-0.1, -0.05) is 30.3 Å². The molecule has 2 aromatic carbocycles. The van der Waals surface area contributed by atoms with Gasteiger partial charge in [-0.15, -0.1) is 0 Å². The highest BCUT2D eigenvalue weighted by molar-refractivity contribution is 6.03. The van der Waals surface area contributed by atoms with Gasteiger partial charge in [0, 0.05) is 30.9 Å². The van der Waals surface area contributed by atoms with E-state index in [1.165, 1.54) is 19.5 Å². The van der Waals surface area contributed by atoms with Crippen LogP contribution in [-0.4, -0.2) is 34.4 Å². The molecule has 2 N–H and O–H groups in total. The Morgan fingerprint density at radius 1 is 1.17 bits per heavy atom. The van der Waals surface area contributed by atoms with Crippen LogP contribution in [0.5, 0.6) is 5.75 Å². The Kier molecular flexibility index (Phi) is 5.30. The van der Waals surface area contributed by atoms with Crippen molar-refractivity contribution in [1.82, 2.24) is 19.7 Å². The van der Waals surface area contributed by atoms with Gasteiger partial charge in [0.25, 0.3) is 5.91 Å². The lowest BCUT2D eigenvalue weighted by atomic mass is 10.1. The fraction of sp³-hybridized carbons (Fsp3) is 0.136. The highest BCUT2D eigenvalue weighted by Gasteiger charge is 2.19. The van der Waals surface area contributed by atoms with Gasteiger partial charge in [-0.2, -0.15) is 0 Å². The van der Waals surface area contributed by atoms with Gasteiger partial charge < -0.3 is 15.4 Å². The number of amides is 1. The zero-order chi connectivity index (χ0) is 21.1. The molecule has 7 nitrogen and oxygen atoms in total. The van der Waals surface area contributed by atoms with Crippen molar-refractivity contribution in [2.45, 2.75) is 6.54 Å². The summed E-state index contributed by atoms with van der Waals surface area (Å²) >= 11 is 0. The van der Waals surface area contributed by atoms with Crippen molar-refractivity contribution in [2.24, 2.45) is 0 Å². The Balaban J connectivity index is 1.77. The molecule has 0 unspecified atom stereocenters. The third-order valence-electron chi connectivity index (χ3n) is 4.78. The topological polar surface area (TPSA) is 80.6 Å². The van der Waals surface area contributed by atoms with Crippen molar-refractivity contribution in [2.75, 3.05) is 19.5 Å². The van der Waals surface area contributed by atoms with E-state index in [0.29, 0.717) is 22.8 Å². The minimum absolute atomic E-state index is 0.184. The number of fused-ring (bicyclic) bond motifs is 1. The van der Waals surface area contributed by atoms with Crippen LogP contribution in [0, 0.1) is 5.82 Å². The van der Waals surface area contributed by atoms with Gasteiger partial charge in [0.05, 0.1) is 12.6 Å². The van der Waals surface area contributed by atoms with E-state index in [1.807, 2.05) is 30.3 Å². The number of rotatable bonds is 6. The molecule has 0 spiro atoms. The maximum atomic E-state index is 14.2. The van der Waals surface area contributed by atoms with Gasteiger partial charge in [0.1, 0.15) is 17.9 Å². The number of carbonyl (C=O) groups excluding carboxylic acids is 1. The molecular weight excluding hydrogens is 385 g/mol. The summed E-state index contributed by atoms with van der Waals surface area (Å²) in [6.07, 6.45) is 3.21. The van der Waals surface area contributed by atoms with Crippen molar-refractivity contribution in [3.8, 4) is 16.9 Å². The fourth-order valence-corrected chi connectivity index (χ4v) is 3.25. The smallest absolute Gasteiger partial charge is 0.271 e. The second-order valence-corrected chi connectivity index (χ2v) is 6.56. The molecule has 4 rings (SSSR count).